The molecule has 1 fully saturated rings. The Morgan fingerprint density at radius 1 is 1.56 bits per heavy atom. The van der Waals surface area contributed by atoms with Crippen LogP contribution < -0.4 is 0 Å². The molecular formula is C6H12NO2-. The molecule has 0 radical (unpaired) electrons. The maximum atomic E-state index is 10.6. The molecule has 0 aromatic carbocycles. The van der Waals surface area contributed by atoms with Gasteiger partial charge in [0.1, 0.15) is 0 Å². The van der Waals surface area contributed by atoms with Crippen molar-refractivity contribution in [3.8, 4) is 0 Å². The molecule has 1 unspecified atom stereocenters. The molecule has 54 valence electrons. The lowest BCUT2D eigenvalue weighted by atomic mass is 10.2. The molecule has 0 N–H and O–H groups in total. The standard InChI is InChI=1S/C6H12NO2/c1-7(8)6-4-2-3-5-9-6/h6H,2-5H2,1H3/q-1. The average Bonchev–Trinajstić information content (AvgIpc) is 1.90. The molecule has 0 aromatic heterocycles. The van der Waals surface area contributed by atoms with Gasteiger partial charge in [-0.2, -0.15) is 0 Å². The zero-order valence-electron chi connectivity index (χ0n) is 5.67. The smallest absolute Gasteiger partial charge is 0.0986 e. The van der Waals surface area contributed by atoms with Gasteiger partial charge in [0.25, 0.3) is 0 Å². The molecule has 1 saturated heterocycles. The van der Waals surface area contributed by atoms with Crippen LogP contribution in [0.1, 0.15) is 19.3 Å². The average molecular weight is 130 g/mol. The highest BCUT2D eigenvalue weighted by Crippen LogP contribution is 2.13. The van der Waals surface area contributed by atoms with Crippen LogP contribution in [0.3, 0.4) is 0 Å². The van der Waals surface area contributed by atoms with Crippen molar-refractivity contribution in [3.63, 3.8) is 0 Å². The number of hydrogen-bond donors (Lipinski definition) is 0. The Bertz CT molecular complexity index is 79.1. The SMILES string of the molecule is CN([O-])C1CCCCO1. The van der Waals surface area contributed by atoms with E-state index in [9.17, 15) is 5.21 Å². The molecule has 1 heterocycles. The topological polar surface area (TPSA) is 35.5 Å². The summed E-state index contributed by atoms with van der Waals surface area (Å²) in [7, 11) is 1.51. The molecule has 0 saturated carbocycles. The van der Waals surface area contributed by atoms with Crippen molar-refractivity contribution in [1.29, 1.82) is 0 Å². The van der Waals surface area contributed by atoms with Crippen molar-refractivity contribution < 1.29 is 4.74 Å². The number of nitrogens with zero attached hydrogens (tertiary/aromatic N) is 1. The molecule has 0 aromatic rings. The summed E-state index contributed by atoms with van der Waals surface area (Å²) in [5, 5.41) is 11.5. The molecule has 0 aliphatic carbocycles. The van der Waals surface area contributed by atoms with Gasteiger partial charge in [0, 0.05) is 6.61 Å². The van der Waals surface area contributed by atoms with Gasteiger partial charge in [-0.05, 0) is 26.3 Å². The van der Waals surface area contributed by atoms with Crippen LogP contribution in [-0.2, 0) is 4.74 Å². The van der Waals surface area contributed by atoms with Gasteiger partial charge in [-0.3, -0.25) is 0 Å². The number of ether oxygens (including phenoxy) is 1. The van der Waals surface area contributed by atoms with Crippen LogP contribution in [-0.4, -0.2) is 24.9 Å². The summed E-state index contributed by atoms with van der Waals surface area (Å²) in [5.74, 6) is 0. The van der Waals surface area contributed by atoms with E-state index < -0.39 is 0 Å². The van der Waals surface area contributed by atoms with Crippen LogP contribution in [0.4, 0.5) is 0 Å². The monoisotopic (exact) mass is 130 g/mol. The fourth-order valence-electron chi connectivity index (χ4n) is 1.01. The van der Waals surface area contributed by atoms with E-state index in [0.717, 1.165) is 30.9 Å². The molecule has 1 aliphatic rings. The summed E-state index contributed by atoms with van der Waals surface area (Å²) in [6.07, 6.45) is 2.94. The van der Waals surface area contributed by atoms with Gasteiger partial charge in [0.15, 0.2) is 0 Å². The highest BCUT2D eigenvalue weighted by molar-refractivity contribution is 4.62. The van der Waals surface area contributed by atoms with Crippen LogP contribution in [0.15, 0.2) is 0 Å². The van der Waals surface area contributed by atoms with E-state index in [-0.39, 0.29) is 6.23 Å². The molecule has 0 amide bonds. The summed E-state index contributed by atoms with van der Waals surface area (Å²) in [5.41, 5.74) is 0. The lowest BCUT2D eigenvalue weighted by molar-refractivity contribution is -0.0558. The maximum Gasteiger partial charge on any atom is 0.0986 e. The van der Waals surface area contributed by atoms with Crippen LogP contribution in [0.2, 0.25) is 0 Å². The molecule has 9 heavy (non-hydrogen) atoms. The Hall–Kier alpha value is -0.120. The fourth-order valence-corrected chi connectivity index (χ4v) is 1.01. The Morgan fingerprint density at radius 2 is 2.33 bits per heavy atom. The van der Waals surface area contributed by atoms with E-state index in [2.05, 4.69) is 0 Å². The second-order valence-corrected chi connectivity index (χ2v) is 2.37. The fraction of sp³-hybridized carbons (Fsp3) is 1.00. The van der Waals surface area contributed by atoms with Crippen LogP contribution in [0.5, 0.6) is 0 Å². The first kappa shape index (κ1) is 6.99. The summed E-state index contributed by atoms with van der Waals surface area (Å²) >= 11 is 0. The van der Waals surface area contributed by atoms with Gasteiger partial charge in [-0.25, -0.2) is 0 Å². The Morgan fingerprint density at radius 3 is 2.67 bits per heavy atom. The van der Waals surface area contributed by atoms with Crippen LogP contribution in [0, 0.1) is 5.21 Å². The minimum Gasteiger partial charge on any atom is -0.784 e. The first-order valence-electron chi connectivity index (χ1n) is 3.32. The van der Waals surface area contributed by atoms with Gasteiger partial charge in [-0.1, -0.05) is 0 Å². The van der Waals surface area contributed by atoms with E-state index >= 15 is 0 Å². The first-order chi connectivity index (χ1) is 4.30. The minimum atomic E-state index is -0.168. The third kappa shape index (κ3) is 1.93. The van der Waals surface area contributed by atoms with E-state index in [1.807, 2.05) is 0 Å². The van der Waals surface area contributed by atoms with E-state index in [4.69, 9.17) is 4.74 Å². The lowest BCUT2D eigenvalue weighted by Crippen LogP contribution is -2.32. The van der Waals surface area contributed by atoms with Crippen molar-refractivity contribution in [2.24, 2.45) is 0 Å². The molecule has 0 bridgehead atoms. The second-order valence-electron chi connectivity index (χ2n) is 2.37. The molecule has 3 nitrogen and oxygen atoms in total. The van der Waals surface area contributed by atoms with E-state index in [1.165, 1.54) is 7.05 Å². The van der Waals surface area contributed by atoms with E-state index in [1.54, 1.807) is 0 Å². The third-order valence-corrected chi connectivity index (χ3v) is 1.56. The molecule has 3 heteroatoms. The van der Waals surface area contributed by atoms with Gasteiger partial charge < -0.3 is 15.0 Å². The Kier molecular flexibility index (Phi) is 2.45. The highest BCUT2D eigenvalue weighted by atomic mass is 16.6. The molecule has 0 spiro atoms. The van der Waals surface area contributed by atoms with Crippen LogP contribution in [0.25, 0.3) is 0 Å². The zero-order chi connectivity index (χ0) is 6.69. The van der Waals surface area contributed by atoms with Crippen molar-refractivity contribution in [2.45, 2.75) is 25.5 Å². The third-order valence-electron chi connectivity index (χ3n) is 1.56. The molecule has 1 aliphatic heterocycles. The number of hydrogen-bond acceptors (Lipinski definition) is 3. The summed E-state index contributed by atoms with van der Waals surface area (Å²) < 4.78 is 5.15. The lowest BCUT2D eigenvalue weighted by Gasteiger charge is -2.35. The Balaban J connectivity index is 2.23. The second kappa shape index (κ2) is 3.15. The first-order valence-corrected chi connectivity index (χ1v) is 3.32. The molecular weight excluding hydrogens is 118 g/mol. The quantitative estimate of drug-likeness (QED) is 0.495. The molecule has 1 rings (SSSR count). The summed E-state index contributed by atoms with van der Waals surface area (Å²) in [4.78, 5) is 0. The van der Waals surface area contributed by atoms with Crippen molar-refractivity contribution in [3.05, 3.63) is 5.21 Å². The molecule has 1 atom stereocenters. The van der Waals surface area contributed by atoms with Crippen molar-refractivity contribution >= 4 is 0 Å². The largest absolute Gasteiger partial charge is 0.784 e. The zero-order valence-corrected chi connectivity index (χ0v) is 5.67. The van der Waals surface area contributed by atoms with Crippen molar-refractivity contribution in [1.82, 2.24) is 5.06 Å². The van der Waals surface area contributed by atoms with Crippen LogP contribution >= 0.6 is 0 Å². The van der Waals surface area contributed by atoms with E-state index in [0.29, 0.717) is 0 Å². The van der Waals surface area contributed by atoms with Gasteiger partial charge >= 0.3 is 0 Å². The van der Waals surface area contributed by atoms with Gasteiger partial charge in [0.2, 0.25) is 0 Å². The van der Waals surface area contributed by atoms with Gasteiger partial charge in [0.05, 0.1) is 6.23 Å². The van der Waals surface area contributed by atoms with Gasteiger partial charge in [-0.15, -0.1) is 0 Å². The number of hydroxylamine groups is 2. The maximum absolute atomic E-state index is 10.6. The highest BCUT2D eigenvalue weighted by Gasteiger charge is 2.11. The number of rotatable bonds is 1. The predicted octanol–water partition coefficient (Wildman–Crippen LogP) is 0.943. The Labute approximate surface area is 55.2 Å². The summed E-state index contributed by atoms with van der Waals surface area (Å²) in [6.45, 7) is 0.747. The minimum absolute atomic E-state index is 0.168. The summed E-state index contributed by atoms with van der Waals surface area (Å²) in [6, 6.07) is 0. The van der Waals surface area contributed by atoms with Crippen molar-refractivity contribution in [2.75, 3.05) is 13.7 Å². The normalized spacial score (nSPS) is 29.0. The predicted molar refractivity (Wildman–Crippen MR) is 34.7 cm³/mol.